The van der Waals surface area contributed by atoms with Crippen molar-refractivity contribution in [1.29, 1.82) is 5.26 Å². The van der Waals surface area contributed by atoms with Crippen LogP contribution in [0.5, 0.6) is 5.75 Å². The Morgan fingerprint density at radius 1 is 1.20 bits per heavy atom. The molecule has 0 radical (unpaired) electrons. The number of halogens is 2. The van der Waals surface area contributed by atoms with Crippen molar-refractivity contribution in [1.82, 2.24) is 5.16 Å². The van der Waals surface area contributed by atoms with Gasteiger partial charge in [0, 0.05) is 5.02 Å². The lowest BCUT2D eigenvalue weighted by atomic mass is 10.2. The molecule has 154 valence electrons. The Balaban J connectivity index is 1.83. The maximum Gasteiger partial charge on any atom is 0.218 e. The Labute approximate surface area is 184 Å². The van der Waals surface area contributed by atoms with Gasteiger partial charge in [-0.15, -0.1) is 0 Å². The Morgan fingerprint density at radius 3 is 2.50 bits per heavy atom. The van der Waals surface area contributed by atoms with E-state index in [1.165, 1.54) is 24.3 Å². The molecule has 0 saturated heterocycles. The van der Waals surface area contributed by atoms with Gasteiger partial charge in [-0.3, -0.25) is 0 Å². The first-order valence-electron chi connectivity index (χ1n) is 8.69. The van der Waals surface area contributed by atoms with Gasteiger partial charge in [-0.2, -0.15) is 5.26 Å². The van der Waals surface area contributed by atoms with Gasteiger partial charge in [-0.05, 0) is 55.8 Å². The van der Waals surface area contributed by atoms with Crippen molar-refractivity contribution in [3.8, 4) is 11.8 Å². The molecule has 3 rings (SSSR count). The highest BCUT2D eigenvalue weighted by molar-refractivity contribution is 7.95. The number of allylic oxidation sites excluding steroid dienone is 1. The summed E-state index contributed by atoms with van der Waals surface area (Å²) in [6.07, 6.45) is 1.27. The maximum atomic E-state index is 12.8. The number of ether oxygens (including phenoxy) is 1. The number of aromatic nitrogens is 1. The summed E-state index contributed by atoms with van der Waals surface area (Å²) in [6.45, 7) is 3.93. The second-order valence-corrected chi connectivity index (χ2v) is 9.09. The molecule has 0 unspecified atom stereocenters. The first kappa shape index (κ1) is 21.9. The second-order valence-electron chi connectivity index (χ2n) is 6.36. The molecule has 6 nitrogen and oxygen atoms in total. The van der Waals surface area contributed by atoms with E-state index in [2.05, 4.69) is 5.16 Å². The highest BCUT2D eigenvalue weighted by Gasteiger charge is 2.24. The third-order valence-corrected chi connectivity index (χ3v) is 6.71. The zero-order valence-electron chi connectivity index (χ0n) is 16.0. The second kappa shape index (κ2) is 8.92. The number of rotatable bonds is 6. The summed E-state index contributed by atoms with van der Waals surface area (Å²) in [5.74, 6) is 1.27. The molecule has 9 heteroatoms. The summed E-state index contributed by atoms with van der Waals surface area (Å²) in [6, 6.07) is 12.4. The number of sulfone groups is 1. The summed E-state index contributed by atoms with van der Waals surface area (Å²) in [5, 5.41) is 13.5. The maximum absolute atomic E-state index is 12.8. The quantitative estimate of drug-likeness (QED) is 0.447. The Hall–Kier alpha value is -2.79. The van der Waals surface area contributed by atoms with E-state index < -0.39 is 14.7 Å². The summed E-state index contributed by atoms with van der Waals surface area (Å²) in [4.78, 5) is -0.667. The lowest BCUT2D eigenvalue weighted by molar-refractivity contribution is 0.301. The molecule has 0 bridgehead atoms. The van der Waals surface area contributed by atoms with Crippen LogP contribution in [0, 0.1) is 25.2 Å². The van der Waals surface area contributed by atoms with Crippen molar-refractivity contribution in [2.45, 2.75) is 25.3 Å². The molecule has 0 N–H and O–H groups in total. The van der Waals surface area contributed by atoms with Crippen LogP contribution in [0.3, 0.4) is 0 Å². The molecule has 0 aliphatic carbocycles. The zero-order chi connectivity index (χ0) is 21.9. The monoisotopic (exact) mass is 462 g/mol. The summed E-state index contributed by atoms with van der Waals surface area (Å²) in [5.41, 5.74) is 2.14. The van der Waals surface area contributed by atoms with Gasteiger partial charge in [0.2, 0.25) is 9.84 Å². The SMILES string of the molecule is Cc1noc(C)c1COc1ccc(/C=C(\C#N)S(=O)(=O)c2cc(Cl)ccc2Cl)cc1. The van der Waals surface area contributed by atoms with Crippen LogP contribution in [0.4, 0.5) is 0 Å². The van der Waals surface area contributed by atoms with E-state index in [4.69, 9.17) is 32.5 Å². The minimum atomic E-state index is -4.13. The van der Waals surface area contributed by atoms with E-state index in [0.717, 1.165) is 11.3 Å². The van der Waals surface area contributed by atoms with Crippen LogP contribution in [-0.2, 0) is 16.4 Å². The average Bonchev–Trinajstić information content (AvgIpc) is 3.04. The Kier molecular flexibility index (Phi) is 6.52. The molecule has 0 saturated carbocycles. The fourth-order valence-corrected chi connectivity index (χ4v) is 4.56. The molecule has 2 aromatic carbocycles. The van der Waals surface area contributed by atoms with Gasteiger partial charge >= 0.3 is 0 Å². The molecule has 0 amide bonds. The predicted octanol–water partition coefficient (Wildman–Crippen LogP) is 5.52. The molecular weight excluding hydrogens is 447 g/mol. The number of hydrogen-bond donors (Lipinski definition) is 0. The summed E-state index contributed by atoms with van der Waals surface area (Å²) < 4.78 is 36.5. The molecule has 0 atom stereocenters. The normalized spacial score (nSPS) is 11.9. The summed E-state index contributed by atoms with van der Waals surface area (Å²) >= 11 is 11.9. The molecule has 3 aromatic rings. The third kappa shape index (κ3) is 4.68. The van der Waals surface area contributed by atoms with Crippen molar-refractivity contribution in [3.63, 3.8) is 0 Å². The van der Waals surface area contributed by atoms with Crippen LogP contribution < -0.4 is 4.74 Å². The first-order valence-corrected chi connectivity index (χ1v) is 10.9. The third-order valence-electron chi connectivity index (χ3n) is 4.32. The van der Waals surface area contributed by atoms with Gasteiger partial charge in [-0.1, -0.05) is 40.5 Å². The van der Waals surface area contributed by atoms with Crippen LogP contribution in [-0.4, -0.2) is 13.6 Å². The van der Waals surface area contributed by atoms with Crippen molar-refractivity contribution < 1.29 is 17.7 Å². The molecule has 30 heavy (non-hydrogen) atoms. The fourth-order valence-electron chi connectivity index (χ4n) is 2.65. The molecular formula is C21H16Cl2N2O4S. The van der Waals surface area contributed by atoms with Gasteiger partial charge in [0.05, 0.1) is 21.2 Å². The van der Waals surface area contributed by atoms with Crippen molar-refractivity contribution in [3.05, 3.63) is 80.0 Å². The van der Waals surface area contributed by atoms with Crippen LogP contribution in [0.15, 0.2) is 56.8 Å². The molecule has 0 fully saturated rings. The van der Waals surface area contributed by atoms with Crippen molar-refractivity contribution >= 4 is 39.1 Å². The van der Waals surface area contributed by atoms with E-state index in [9.17, 15) is 13.7 Å². The molecule has 0 aliphatic heterocycles. The first-order chi connectivity index (χ1) is 14.2. The largest absolute Gasteiger partial charge is 0.489 e. The standard InChI is InChI=1S/C21H16Cl2N2O4S/c1-13-19(14(2)29-25-13)12-28-17-6-3-15(4-7-17)9-18(11-24)30(26,27)21-10-16(22)5-8-20(21)23/h3-10H,12H2,1-2H3/b18-9+. The minimum absolute atomic E-state index is 0.0105. The van der Waals surface area contributed by atoms with Crippen molar-refractivity contribution in [2.75, 3.05) is 0 Å². The van der Waals surface area contributed by atoms with E-state index in [-0.39, 0.29) is 14.9 Å². The summed E-state index contributed by atoms with van der Waals surface area (Å²) in [7, 11) is -4.13. The number of benzene rings is 2. The molecule has 1 aromatic heterocycles. The van der Waals surface area contributed by atoms with Crippen LogP contribution >= 0.6 is 23.2 Å². The lowest BCUT2D eigenvalue weighted by Crippen LogP contribution is -2.04. The van der Waals surface area contributed by atoms with E-state index in [1.54, 1.807) is 30.3 Å². The van der Waals surface area contributed by atoms with E-state index in [1.807, 2.05) is 13.8 Å². The number of hydrogen-bond acceptors (Lipinski definition) is 6. The topological polar surface area (TPSA) is 93.2 Å². The highest BCUT2D eigenvalue weighted by atomic mass is 35.5. The lowest BCUT2D eigenvalue weighted by Gasteiger charge is -2.07. The van der Waals surface area contributed by atoms with Crippen LogP contribution in [0.25, 0.3) is 6.08 Å². The Bertz CT molecular complexity index is 1240. The number of aryl methyl sites for hydroxylation is 2. The average molecular weight is 463 g/mol. The van der Waals surface area contributed by atoms with E-state index in [0.29, 0.717) is 23.7 Å². The Morgan fingerprint density at radius 2 is 1.90 bits per heavy atom. The number of nitriles is 1. The smallest absolute Gasteiger partial charge is 0.218 e. The van der Waals surface area contributed by atoms with Crippen molar-refractivity contribution in [2.24, 2.45) is 0 Å². The predicted molar refractivity (Wildman–Crippen MR) is 114 cm³/mol. The van der Waals surface area contributed by atoms with Crippen LogP contribution in [0.1, 0.15) is 22.6 Å². The molecule has 1 heterocycles. The highest BCUT2D eigenvalue weighted by Crippen LogP contribution is 2.30. The van der Waals surface area contributed by atoms with Gasteiger partial charge in [0.1, 0.15) is 29.1 Å². The fraction of sp³-hybridized carbons (Fsp3) is 0.143. The van der Waals surface area contributed by atoms with Gasteiger partial charge in [0.25, 0.3) is 0 Å². The van der Waals surface area contributed by atoms with Gasteiger partial charge < -0.3 is 9.26 Å². The minimum Gasteiger partial charge on any atom is -0.489 e. The van der Waals surface area contributed by atoms with Gasteiger partial charge in [0.15, 0.2) is 0 Å². The molecule has 0 spiro atoms. The zero-order valence-corrected chi connectivity index (χ0v) is 18.3. The van der Waals surface area contributed by atoms with E-state index >= 15 is 0 Å². The number of nitrogens with zero attached hydrogens (tertiary/aromatic N) is 2. The van der Waals surface area contributed by atoms with Crippen LogP contribution in [0.2, 0.25) is 10.0 Å². The van der Waals surface area contributed by atoms with Gasteiger partial charge in [-0.25, -0.2) is 8.42 Å². The molecule has 0 aliphatic rings.